The number of ketones is 1. The van der Waals surface area contributed by atoms with Crippen LogP contribution in [-0.4, -0.2) is 10.9 Å². The number of Topliss-reactive ketones (excluding diaryl/α,β-unsaturated/α-hetero) is 1. The fraction of sp³-hybridized carbons (Fsp3) is 0.667. The van der Waals surface area contributed by atoms with E-state index in [0.717, 1.165) is 19.3 Å². The van der Waals surface area contributed by atoms with Gasteiger partial charge in [-0.3, -0.25) is 4.79 Å². The predicted octanol–water partition coefficient (Wildman–Crippen LogP) is 2.35. The Labute approximate surface area is 66.9 Å². The topological polar surface area (TPSA) is 37.3 Å². The van der Waals surface area contributed by atoms with Crippen molar-refractivity contribution in [3.05, 3.63) is 11.3 Å². The van der Waals surface area contributed by atoms with Crippen LogP contribution in [0.15, 0.2) is 11.3 Å². The Morgan fingerprint density at radius 3 is 2.73 bits per heavy atom. The molecule has 2 heteroatoms. The van der Waals surface area contributed by atoms with Gasteiger partial charge in [-0.25, -0.2) is 0 Å². The van der Waals surface area contributed by atoms with Crippen LogP contribution < -0.4 is 0 Å². The minimum Gasteiger partial charge on any atom is -0.512 e. The summed E-state index contributed by atoms with van der Waals surface area (Å²) >= 11 is 0. The van der Waals surface area contributed by atoms with Crippen molar-refractivity contribution in [1.29, 1.82) is 0 Å². The quantitative estimate of drug-likeness (QED) is 0.489. The van der Waals surface area contributed by atoms with Gasteiger partial charge in [-0.15, -0.1) is 0 Å². The van der Waals surface area contributed by atoms with Gasteiger partial charge < -0.3 is 5.11 Å². The summed E-state index contributed by atoms with van der Waals surface area (Å²) in [7, 11) is 0. The van der Waals surface area contributed by atoms with Gasteiger partial charge >= 0.3 is 0 Å². The van der Waals surface area contributed by atoms with Crippen LogP contribution in [0, 0.1) is 0 Å². The van der Waals surface area contributed by atoms with Crippen LogP contribution in [0.1, 0.15) is 39.0 Å². The van der Waals surface area contributed by atoms with E-state index in [1.54, 1.807) is 0 Å². The standard InChI is InChI=1S/C9H14O2/c1-2-4-8(10)7-5-3-6-9(7)11/h10H,2-6H2,1H3. The third-order valence-electron chi connectivity index (χ3n) is 2.00. The Morgan fingerprint density at radius 1 is 1.55 bits per heavy atom. The molecule has 0 unspecified atom stereocenters. The molecule has 1 N–H and O–H groups in total. The molecular weight excluding hydrogens is 140 g/mol. The molecule has 1 aliphatic carbocycles. The van der Waals surface area contributed by atoms with Crippen molar-refractivity contribution in [2.24, 2.45) is 0 Å². The van der Waals surface area contributed by atoms with E-state index in [-0.39, 0.29) is 5.78 Å². The number of rotatable bonds is 2. The molecule has 0 atom stereocenters. The molecule has 0 bridgehead atoms. The molecule has 0 heterocycles. The lowest BCUT2D eigenvalue weighted by Gasteiger charge is -2.00. The maximum absolute atomic E-state index is 11.1. The number of hydrogen-bond acceptors (Lipinski definition) is 2. The zero-order valence-corrected chi connectivity index (χ0v) is 6.89. The molecule has 62 valence electrons. The van der Waals surface area contributed by atoms with Gasteiger partial charge in [0.2, 0.25) is 0 Å². The fourth-order valence-electron chi connectivity index (χ4n) is 1.41. The second-order valence-corrected chi connectivity index (χ2v) is 2.95. The van der Waals surface area contributed by atoms with E-state index in [2.05, 4.69) is 0 Å². The number of hydrogen-bond donors (Lipinski definition) is 1. The summed E-state index contributed by atoms with van der Waals surface area (Å²) < 4.78 is 0. The minimum atomic E-state index is 0.149. The first-order valence-electron chi connectivity index (χ1n) is 4.20. The smallest absolute Gasteiger partial charge is 0.162 e. The summed E-state index contributed by atoms with van der Waals surface area (Å²) in [6.45, 7) is 2.00. The summed E-state index contributed by atoms with van der Waals surface area (Å²) in [6, 6.07) is 0. The van der Waals surface area contributed by atoms with Gasteiger partial charge in [-0.05, 0) is 19.3 Å². The van der Waals surface area contributed by atoms with E-state index in [4.69, 9.17) is 0 Å². The number of carbonyl (C=O) groups excluding carboxylic acids is 1. The third-order valence-corrected chi connectivity index (χ3v) is 2.00. The van der Waals surface area contributed by atoms with Crippen LogP contribution in [0.2, 0.25) is 0 Å². The average molecular weight is 154 g/mol. The van der Waals surface area contributed by atoms with Crippen molar-refractivity contribution in [2.75, 3.05) is 0 Å². The molecule has 0 aliphatic heterocycles. The zero-order chi connectivity index (χ0) is 8.27. The fourth-order valence-corrected chi connectivity index (χ4v) is 1.41. The monoisotopic (exact) mass is 154 g/mol. The van der Waals surface area contributed by atoms with E-state index in [0.29, 0.717) is 24.2 Å². The first kappa shape index (κ1) is 8.31. The average Bonchev–Trinajstić information content (AvgIpc) is 2.36. The Balaban J connectivity index is 2.68. The van der Waals surface area contributed by atoms with Crippen LogP contribution in [0.5, 0.6) is 0 Å². The van der Waals surface area contributed by atoms with Crippen molar-refractivity contribution in [2.45, 2.75) is 39.0 Å². The van der Waals surface area contributed by atoms with E-state index >= 15 is 0 Å². The molecule has 1 fully saturated rings. The molecule has 11 heavy (non-hydrogen) atoms. The molecular formula is C9H14O2. The summed E-state index contributed by atoms with van der Waals surface area (Å²) in [5, 5.41) is 9.38. The third kappa shape index (κ3) is 1.82. The van der Waals surface area contributed by atoms with Crippen molar-refractivity contribution in [1.82, 2.24) is 0 Å². The molecule has 0 amide bonds. The maximum atomic E-state index is 11.1. The zero-order valence-electron chi connectivity index (χ0n) is 6.89. The van der Waals surface area contributed by atoms with Gasteiger partial charge in [0.15, 0.2) is 5.78 Å². The van der Waals surface area contributed by atoms with Crippen LogP contribution >= 0.6 is 0 Å². The molecule has 2 nitrogen and oxygen atoms in total. The SMILES string of the molecule is CCCC(O)=C1CCCC1=O. The summed E-state index contributed by atoms with van der Waals surface area (Å²) in [5.41, 5.74) is 0.687. The molecule has 0 radical (unpaired) electrons. The van der Waals surface area contributed by atoms with E-state index in [9.17, 15) is 9.90 Å². The van der Waals surface area contributed by atoms with E-state index < -0.39 is 0 Å². The van der Waals surface area contributed by atoms with Crippen molar-refractivity contribution in [3.8, 4) is 0 Å². The van der Waals surface area contributed by atoms with Gasteiger partial charge in [-0.1, -0.05) is 6.92 Å². The van der Waals surface area contributed by atoms with Crippen molar-refractivity contribution >= 4 is 5.78 Å². The number of carbonyl (C=O) groups is 1. The van der Waals surface area contributed by atoms with Gasteiger partial charge in [-0.2, -0.15) is 0 Å². The highest BCUT2D eigenvalue weighted by molar-refractivity contribution is 5.97. The minimum absolute atomic E-state index is 0.149. The predicted molar refractivity (Wildman–Crippen MR) is 43.4 cm³/mol. The van der Waals surface area contributed by atoms with E-state index in [1.807, 2.05) is 6.92 Å². The van der Waals surface area contributed by atoms with Crippen LogP contribution in [-0.2, 0) is 4.79 Å². The van der Waals surface area contributed by atoms with Crippen LogP contribution in [0.3, 0.4) is 0 Å². The molecule has 1 saturated carbocycles. The second-order valence-electron chi connectivity index (χ2n) is 2.95. The Hall–Kier alpha value is -0.790. The Kier molecular flexibility index (Phi) is 2.69. The van der Waals surface area contributed by atoms with Crippen LogP contribution in [0.4, 0.5) is 0 Å². The van der Waals surface area contributed by atoms with Gasteiger partial charge in [0.1, 0.15) is 0 Å². The molecule has 1 rings (SSSR count). The lowest BCUT2D eigenvalue weighted by Crippen LogP contribution is -1.97. The molecule has 0 aromatic carbocycles. The summed E-state index contributed by atoms with van der Waals surface area (Å²) in [5.74, 6) is 0.478. The number of allylic oxidation sites excluding steroid dienone is 2. The summed E-state index contributed by atoms with van der Waals surface area (Å²) in [6.07, 6.45) is 3.89. The molecule has 0 aromatic heterocycles. The second kappa shape index (κ2) is 3.56. The van der Waals surface area contributed by atoms with Gasteiger partial charge in [0, 0.05) is 18.4 Å². The van der Waals surface area contributed by atoms with Gasteiger partial charge in [0.05, 0.1) is 5.76 Å². The summed E-state index contributed by atoms with van der Waals surface area (Å²) in [4.78, 5) is 11.1. The van der Waals surface area contributed by atoms with Crippen molar-refractivity contribution < 1.29 is 9.90 Å². The first-order valence-corrected chi connectivity index (χ1v) is 4.20. The maximum Gasteiger partial charge on any atom is 0.162 e. The van der Waals surface area contributed by atoms with Crippen molar-refractivity contribution in [3.63, 3.8) is 0 Å². The highest BCUT2D eigenvalue weighted by atomic mass is 16.3. The molecule has 0 saturated heterocycles. The molecule has 1 aliphatic rings. The van der Waals surface area contributed by atoms with Crippen LogP contribution in [0.25, 0.3) is 0 Å². The Morgan fingerprint density at radius 2 is 2.27 bits per heavy atom. The first-order chi connectivity index (χ1) is 5.25. The van der Waals surface area contributed by atoms with E-state index in [1.165, 1.54) is 0 Å². The highest BCUT2D eigenvalue weighted by Gasteiger charge is 2.20. The number of aliphatic hydroxyl groups is 1. The normalized spacial score (nSPS) is 22.5. The Bertz CT molecular complexity index is 192. The molecule has 0 spiro atoms. The molecule has 0 aromatic rings. The lowest BCUT2D eigenvalue weighted by molar-refractivity contribution is -0.114. The van der Waals surface area contributed by atoms with Gasteiger partial charge in [0.25, 0.3) is 0 Å². The largest absolute Gasteiger partial charge is 0.512 e. The highest BCUT2D eigenvalue weighted by Crippen LogP contribution is 2.24. The number of aliphatic hydroxyl groups excluding tert-OH is 1. The lowest BCUT2D eigenvalue weighted by atomic mass is 10.1.